The van der Waals surface area contributed by atoms with E-state index >= 15 is 0 Å². The lowest BCUT2D eigenvalue weighted by molar-refractivity contribution is -0.122. The molecule has 0 radical (unpaired) electrons. The molecule has 0 aliphatic carbocycles. The zero-order valence-corrected chi connectivity index (χ0v) is 21.8. The van der Waals surface area contributed by atoms with Gasteiger partial charge in [0.25, 0.3) is 11.5 Å². The van der Waals surface area contributed by atoms with Crippen molar-refractivity contribution in [2.45, 2.75) is 18.9 Å². The zero-order chi connectivity index (χ0) is 28.1. The Morgan fingerprint density at radius 1 is 1.05 bits per heavy atom. The molecule has 0 bridgehead atoms. The van der Waals surface area contributed by atoms with Crippen LogP contribution < -0.4 is 16.2 Å². The lowest BCUT2D eigenvalue weighted by atomic mass is 10.0. The van der Waals surface area contributed by atoms with Crippen molar-refractivity contribution in [2.24, 2.45) is 0 Å². The van der Waals surface area contributed by atoms with E-state index in [0.29, 0.717) is 22.3 Å². The summed E-state index contributed by atoms with van der Waals surface area (Å²) in [7, 11) is 0. The standard InChI is InChI=1S/C28H24ClN7O4/c29-20-7-9-24(36-16-31-34-35-36)18(13-20)10-11-30-28(40)23(12-17-4-2-1-3-5-17)33-27(39)19-6-8-22-21(14-19)25(37)15-26(38)32-22/h1-9,13-16,23H,10-12H2,(H,30,40)(H,33,39)(H2,32,37,38)/t23-/m1/s1. The molecule has 0 fully saturated rings. The van der Waals surface area contributed by atoms with E-state index in [1.54, 1.807) is 18.2 Å². The van der Waals surface area contributed by atoms with Crippen LogP contribution in [0.15, 0.2) is 83.9 Å². The van der Waals surface area contributed by atoms with Gasteiger partial charge < -0.3 is 20.7 Å². The second-order valence-electron chi connectivity index (χ2n) is 9.06. The Morgan fingerprint density at radius 3 is 2.65 bits per heavy atom. The molecular weight excluding hydrogens is 534 g/mol. The largest absolute Gasteiger partial charge is 0.507 e. The summed E-state index contributed by atoms with van der Waals surface area (Å²) in [5.41, 5.74) is 2.60. The molecule has 11 nitrogen and oxygen atoms in total. The number of H-pyrrole nitrogens is 1. The summed E-state index contributed by atoms with van der Waals surface area (Å²) in [6, 6.07) is 19.3. The topological polar surface area (TPSA) is 155 Å². The molecule has 5 aromatic rings. The van der Waals surface area contributed by atoms with Gasteiger partial charge >= 0.3 is 0 Å². The summed E-state index contributed by atoms with van der Waals surface area (Å²) < 4.78 is 1.52. The predicted octanol–water partition coefficient (Wildman–Crippen LogP) is 2.56. The van der Waals surface area contributed by atoms with E-state index in [1.807, 2.05) is 30.3 Å². The fraction of sp³-hybridized carbons (Fsp3) is 0.143. The molecule has 0 saturated heterocycles. The highest BCUT2D eigenvalue weighted by atomic mass is 35.5. The molecule has 0 aliphatic rings. The van der Waals surface area contributed by atoms with Gasteiger partial charge in [0, 0.05) is 35.0 Å². The smallest absolute Gasteiger partial charge is 0.252 e. The molecule has 12 heteroatoms. The maximum Gasteiger partial charge on any atom is 0.252 e. The molecule has 40 heavy (non-hydrogen) atoms. The average molecular weight is 558 g/mol. The molecule has 3 aromatic carbocycles. The first kappa shape index (κ1) is 26.6. The van der Waals surface area contributed by atoms with Crippen molar-refractivity contribution < 1.29 is 14.7 Å². The van der Waals surface area contributed by atoms with Crippen molar-refractivity contribution in [3.63, 3.8) is 0 Å². The molecule has 2 aromatic heterocycles. The van der Waals surface area contributed by atoms with Gasteiger partial charge in [-0.3, -0.25) is 14.4 Å². The van der Waals surface area contributed by atoms with Crippen molar-refractivity contribution in [1.82, 2.24) is 35.8 Å². The number of halogens is 1. The van der Waals surface area contributed by atoms with Gasteiger partial charge in [0.05, 0.1) is 11.2 Å². The predicted molar refractivity (Wildman–Crippen MR) is 149 cm³/mol. The highest BCUT2D eigenvalue weighted by Gasteiger charge is 2.22. The van der Waals surface area contributed by atoms with Crippen LogP contribution in [-0.4, -0.2) is 54.7 Å². The average Bonchev–Trinajstić information content (AvgIpc) is 3.48. The molecule has 0 saturated carbocycles. The molecule has 2 heterocycles. The summed E-state index contributed by atoms with van der Waals surface area (Å²) in [4.78, 5) is 40.8. The van der Waals surface area contributed by atoms with Crippen molar-refractivity contribution >= 4 is 34.3 Å². The number of pyridine rings is 1. The van der Waals surface area contributed by atoms with Gasteiger partial charge in [0.2, 0.25) is 5.91 Å². The van der Waals surface area contributed by atoms with Crippen molar-refractivity contribution in [2.75, 3.05) is 6.54 Å². The molecule has 0 unspecified atom stereocenters. The maximum absolute atomic E-state index is 13.3. The zero-order valence-electron chi connectivity index (χ0n) is 21.0. The summed E-state index contributed by atoms with van der Waals surface area (Å²) in [6.45, 7) is 0.271. The highest BCUT2D eigenvalue weighted by Crippen LogP contribution is 2.22. The second-order valence-corrected chi connectivity index (χ2v) is 9.50. The minimum Gasteiger partial charge on any atom is -0.507 e. The Morgan fingerprint density at radius 2 is 1.88 bits per heavy atom. The quantitative estimate of drug-likeness (QED) is 0.217. The minimum atomic E-state index is -0.881. The van der Waals surface area contributed by atoms with Crippen LogP contribution in [0.3, 0.4) is 0 Å². The Balaban J connectivity index is 1.32. The first-order valence-corrected chi connectivity index (χ1v) is 12.8. The molecular formula is C28H24ClN7O4. The third-order valence-electron chi connectivity index (χ3n) is 6.32. The van der Waals surface area contributed by atoms with Crippen molar-refractivity contribution in [3.8, 4) is 11.4 Å². The van der Waals surface area contributed by atoms with E-state index < -0.39 is 17.5 Å². The van der Waals surface area contributed by atoms with Gasteiger partial charge in [-0.1, -0.05) is 41.9 Å². The van der Waals surface area contributed by atoms with Gasteiger partial charge in [0.1, 0.15) is 18.1 Å². The SMILES string of the molecule is O=C(N[C@H](Cc1ccccc1)C(=O)NCCc1cc(Cl)ccc1-n1cnnn1)c1ccc2[nH]c(=O)cc(O)c2c1. The fourth-order valence-corrected chi connectivity index (χ4v) is 4.57. The van der Waals surface area contributed by atoms with Crippen LogP contribution in [0.5, 0.6) is 5.75 Å². The normalized spacial score (nSPS) is 11.7. The first-order chi connectivity index (χ1) is 19.4. The summed E-state index contributed by atoms with van der Waals surface area (Å²) in [6.07, 6.45) is 2.17. The van der Waals surface area contributed by atoms with Crippen LogP contribution in [0, 0.1) is 0 Å². The maximum atomic E-state index is 13.3. The third kappa shape index (κ3) is 6.16. The summed E-state index contributed by atoms with van der Waals surface area (Å²) in [5.74, 6) is -1.11. The number of hydrogen-bond acceptors (Lipinski definition) is 7. The van der Waals surface area contributed by atoms with E-state index in [4.69, 9.17) is 11.6 Å². The van der Waals surface area contributed by atoms with Gasteiger partial charge in [0.15, 0.2) is 0 Å². The molecule has 5 rings (SSSR count). The number of aromatic amines is 1. The van der Waals surface area contributed by atoms with E-state index in [-0.39, 0.29) is 30.2 Å². The van der Waals surface area contributed by atoms with Crippen molar-refractivity contribution in [1.29, 1.82) is 0 Å². The first-order valence-electron chi connectivity index (χ1n) is 12.4. The monoisotopic (exact) mass is 557 g/mol. The van der Waals surface area contributed by atoms with Gasteiger partial charge in [-0.2, -0.15) is 0 Å². The summed E-state index contributed by atoms with van der Waals surface area (Å²) in [5, 5.41) is 28.0. The Labute approximate surface area is 232 Å². The number of tetrazole rings is 1. The van der Waals surface area contributed by atoms with Crippen LogP contribution >= 0.6 is 11.6 Å². The summed E-state index contributed by atoms with van der Waals surface area (Å²) >= 11 is 6.20. The lowest BCUT2D eigenvalue weighted by Crippen LogP contribution is -2.48. The minimum absolute atomic E-state index is 0.228. The Bertz CT molecular complexity index is 1720. The number of carbonyl (C=O) groups is 2. The fourth-order valence-electron chi connectivity index (χ4n) is 4.37. The van der Waals surface area contributed by atoms with Crippen LogP contribution in [0.25, 0.3) is 16.6 Å². The molecule has 4 N–H and O–H groups in total. The van der Waals surface area contributed by atoms with E-state index in [2.05, 4.69) is 31.1 Å². The van der Waals surface area contributed by atoms with E-state index in [1.165, 1.54) is 29.2 Å². The van der Waals surface area contributed by atoms with Crippen LogP contribution in [0.2, 0.25) is 5.02 Å². The molecule has 1 atom stereocenters. The van der Waals surface area contributed by atoms with Crippen LogP contribution in [0.1, 0.15) is 21.5 Å². The number of fused-ring (bicyclic) bond motifs is 1. The number of nitrogens with zero attached hydrogens (tertiary/aromatic N) is 4. The number of aromatic hydroxyl groups is 1. The number of nitrogens with one attached hydrogen (secondary N) is 3. The molecule has 2 amide bonds. The van der Waals surface area contributed by atoms with E-state index in [9.17, 15) is 19.5 Å². The highest BCUT2D eigenvalue weighted by molar-refractivity contribution is 6.30. The van der Waals surface area contributed by atoms with E-state index in [0.717, 1.165) is 22.9 Å². The number of rotatable bonds is 9. The van der Waals surface area contributed by atoms with Gasteiger partial charge in [-0.05, 0) is 64.4 Å². The van der Waals surface area contributed by atoms with Crippen LogP contribution in [-0.2, 0) is 17.6 Å². The number of carbonyl (C=O) groups excluding carboxylic acids is 2. The molecule has 0 aliphatic heterocycles. The lowest BCUT2D eigenvalue weighted by Gasteiger charge is -2.19. The Kier molecular flexibility index (Phi) is 7.83. The third-order valence-corrected chi connectivity index (χ3v) is 6.55. The van der Waals surface area contributed by atoms with Gasteiger partial charge in [-0.25, -0.2) is 4.68 Å². The second kappa shape index (κ2) is 11.8. The van der Waals surface area contributed by atoms with Crippen molar-refractivity contribution in [3.05, 3.63) is 111 Å². The van der Waals surface area contributed by atoms with Crippen LogP contribution in [0.4, 0.5) is 0 Å². The molecule has 0 spiro atoms. The number of benzene rings is 3. The number of amides is 2. The molecule has 202 valence electrons. The number of aromatic nitrogens is 5. The Hall–Kier alpha value is -5.03. The van der Waals surface area contributed by atoms with Gasteiger partial charge in [-0.15, -0.1) is 5.10 Å². The number of hydrogen-bond donors (Lipinski definition) is 4.